The number of fused-ring (bicyclic) bond motifs is 12. The van der Waals surface area contributed by atoms with Crippen molar-refractivity contribution in [2.24, 2.45) is 0 Å². The van der Waals surface area contributed by atoms with Crippen LogP contribution >= 0.6 is 0 Å². The normalized spacial score (nSPS) is 11.8. The average Bonchev–Trinajstić information content (AvgIpc) is 3.95. The monoisotopic (exact) mass is 862 g/mol. The van der Waals surface area contributed by atoms with Gasteiger partial charge in [0.05, 0.1) is 22.1 Å². The van der Waals surface area contributed by atoms with Crippen molar-refractivity contribution in [2.75, 3.05) is 0 Å². The molecule has 0 aliphatic heterocycles. The molecule has 0 atom stereocenters. The van der Waals surface area contributed by atoms with Crippen LogP contribution in [0.1, 0.15) is 0 Å². The predicted octanol–water partition coefficient (Wildman–Crippen LogP) is 18.0. The van der Waals surface area contributed by atoms with Crippen molar-refractivity contribution in [1.29, 1.82) is 0 Å². The molecule has 0 unspecified atom stereocenters. The maximum atomic E-state index is 2.43. The number of hydrogen-bond acceptors (Lipinski definition) is 0. The second kappa shape index (κ2) is 15.3. The Bertz CT molecular complexity index is 4010. The SMILES string of the molecule is c1ccc(-n2c3ccccc3c3cccc(-c4cccc(-c5ccc6c7ccc(-c8cccc(-c9cccc%10c%11ccccc%11n(-c%11ccccc%11)c9%10)c8)cc7c7ccccc7c6c5)c4)c32)cc1. The Hall–Kier alpha value is -8.98. The van der Waals surface area contributed by atoms with Gasteiger partial charge in [-0.15, -0.1) is 0 Å². The van der Waals surface area contributed by atoms with E-state index in [1.54, 1.807) is 0 Å². The third-order valence-electron chi connectivity index (χ3n) is 14.3. The molecule has 0 bridgehead atoms. The summed E-state index contributed by atoms with van der Waals surface area (Å²) in [5.74, 6) is 0. The van der Waals surface area contributed by atoms with Crippen LogP contribution in [0.2, 0.25) is 0 Å². The van der Waals surface area contributed by atoms with Crippen molar-refractivity contribution >= 4 is 75.9 Å². The molecular weight excluding hydrogens is 821 g/mol. The van der Waals surface area contributed by atoms with E-state index < -0.39 is 0 Å². The van der Waals surface area contributed by atoms with Crippen LogP contribution in [-0.4, -0.2) is 9.13 Å². The van der Waals surface area contributed by atoms with E-state index in [0.717, 1.165) is 11.4 Å². The van der Waals surface area contributed by atoms with E-state index in [9.17, 15) is 0 Å². The van der Waals surface area contributed by atoms with Gasteiger partial charge >= 0.3 is 0 Å². The lowest BCUT2D eigenvalue weighted by atomic mass is 9.89. The molecule has 2 aromatic heterocycles. The highest BCUT2D eigenvalue weighted by Crippen LogP contribution is 2.43. The summed E-state index contributed by atoms with van der Waals surface area (Å²) in [6, 6.07) is 93.7. The molecule has 2 heteroatoms. The molecule has 0 aliphatic carbocycles. The second-order valence-electron chi connectivity index (χ2n) is 18.0. The summed E-state index contributed by atoms with van der Waals surface area (Å²) in [7, 11) is 0. The molecule has 14 rings (SSSR count). The Morgan fingerprint density at radius 3 is 0.985 bits per heavy atom. The molecular formula is C66H42N2. The maximum Gasteiger partial charge on any atom is 0.0619 e. The number of rotatable bonds is 6. The lowest BCUT2D eigenvalue weighted by Crippen LogP contribution is -1.95. The fourth-order valence-corrected chi connectivity index (χ4v) is 11.2. The van der Waals surface area contributed by atoms with Crippen LogP contribution in [0, 0.1) is 0 Å². The van der Waals surface area contributed by atoms with Crippen LogP contribution in [0.5, 0.6) is 0 Å². The molecule has 0 saturated carbocycles. The fraction of sp³-hybridized carbons (Fsp3) is 0. The quantitative estimate of drug-likeness (QED) is 0.147. The minimum atomic E-state index is 1.16. The Kier molecular flexibility index (Phi) is 8.62. The number of hydrogen-bond donors (Lipinski definition) is 0. The molecule has 0 fully saturated rings. The van der Waals surface area contributed by atoms with Gasteiger partial charge in [0, 0.05) is 44.0 Å². The number of aromatic nitrogens is 2. The van der Waals surface area contributed by atoms with Gasteiger partial charge in [-0.05, 0) is 126 Å². The minimum absolute atomic E-state index is 1.16. The molecule has 0 N–H and O–H groups in total. The van der Waals surface area contributed by atoms with E-state index in [4.69, 9.17) is 0 Å². The van der Waals surface area contributed by atoms with Gasteiger partial charge in [-0.2, -0.15) is 0 Å². The lowest BCUT2D eigenvalue weighted by Gasteiger charge is -2.15. The third-order valence-corrected chi connectivity index (χ3v) is 14.3. The third kappa shape index (κ3) is 5.91. The first-order valence-corrected chi connectivity index (χ1v) is 23.5. The maximum absolute atomic E-state index is 2.43. The van der Waals surface area contributed by atoms with Gasteiger partial charge in [0.15, 0.2) is 0 Å². The van der Waals surface area contributed by atoms with E-state index in [2.05, 4.69) is 264 Å². The number of nitrogens with zero attached hydrogens (tertiary/aromatic N) is 2. The van der Waals surface area contributed by atoms with Crippen LogP contribution in [0.3, 0.4) is 0 Å². The Morgan fingerprint density at radius 2 is 0.529 bits per heavy atom. The zero-order valence-electron chi connectivity index (χ0n) is 37.1. The van der Waals surface area contributed by atoms with Crippen LogP contribution in [-0.2, 0) is 0 Å². The highest BCUT2D eigenvalue weighted by atomic mass is 15.0. The summed E-state index contributed by atoms with van der Waals surface area (Å²) in [5.41, 5.74) is 16.8. The van der Waals surface area contributed by atoms with Crippen LogP contribution in [0.4, 0.5) is 0 Å². The topological polar surface area (TPSA) is 9.86 Å². The zero-order valence-corrected chi connectivity index (χ0v) is 37.1. The van der Waals surface area contributed by atoms with Crippen molar-refractivity contribution in [2.45, 2.75) is 0 Å². The molecule has 2 heterocycles. The first kappa shape index (κ1) is 38.3. The molecule has 14 aromatic rings. The molecule has 0 spiro atoms. The summed E-state index contributed by atoms with van der Waals surface area (Å²) < 4.78 is 4.85. The van der Waals surface area contributed by atoms with E-state index >= 15 is 0 Å². The van der Waals surface area contributed by atoms with Gasteiger partial charge in [0.1, 0.15) is 0 Å². The first-order valence-electron chi connectivity index (χ1n) is 23.5. The zero-order chi connectivity index (χ0) is 44.7. The highest BCUT2D eigenvalue weighted by Gasteiger charge is 2.19. The smallest absolute Gasteiger partial charge is 0.0619 e. The van der Waals surface area contributed by atoms with Crippen LogP contribution < -0.4 is 0 Å². The number of benzene rings is 12. The van der Waals surface area contributed by atoms with Gasteiger partial charge in [-0.25, -0.2) is 0 Å². The van der Waals surface area contributed by atoms with Gasteiger partial charge in [0.2, 0.25) is 0 Å². The Morgan fingerprint density at radius 1 is 0.191 bits per heavy atom. The fourth-order valence-electron chi connectivity index (χ4n) is 11.2. The molecule has 0 saturated heterocycles. The summed E-state index contributed by atoms with van der Waals surface area (Å²) in [4.78, 5) is 0. The second-order valence-corrected chi connectivity index (χ2v) is 18.0. The molecule has 0 radical (unpaired) electrons. The predicted molar refractivity (Wildman–Crippen MR) is 289 cm³/mol. The van der Waals surface area contributed by atoms with E-state index in [1.807, 2.05) is 0 Å². The summed E-state index contributed by atoms with van der Waals surface area (Å²) in [5, 5.41) is 12.6. The van der Waals surface area contributed by atoms with Gasteiger partial charge in [0.25, 0.3) is 0 Å². The molecule has 316 valence electrons. The molecule has 0 amide bonds. The van der Waals surface area contributed by atoms with Gasteiger partial charge in [-0.1, -0.05) is 194 Å². The molecule has 0 aliphatic rings. The number of para-hydroxylation sites is 6. The van der Waals surface area contributed by atoms with E-state index in [-0.39, 0.29) is 0 Å². The largest absolute Gasteiger partial charge is 0.309 e. The Balaban J connectivity index is 0.884. The van der Waals surface area contributed by atoms with Gasteiger partial charge in [-0.3, -0.25) is 0 Å². The van der Waals surface area contributed by atoms with E-state index in [1.165, 1.54) is 120 Å². The summed E-state index contributed by atoms with van der Waals surface area (Å²) in [6.07, 6.45) is 0. The van der Waals surface area contributed by atoms with Gasteiger partial charge < -0.3 is 9.13 Å². The first-order chi connectivity index (χ1) is 33.7. The lowest BCUT2D eigenvalue weighted by molar-refractivity contribution is 1.18. The summed E-state index contributed by atoms with van der Waals surface area (Å²) >= 11 is 0. The molecule has 12 aromatic carbocycles. The molecule has 2 nitrogen and oxygen atoms in total. The van der Waals surface area contributed by atoms with Crippen molar-refractivity contribution in [1.82, 2.24) is 9.13 Å². The van der Waals surface area contributed by atoms with Crippen LogP contribution in [0.25, 0.3) is 132 Å². The Labute approximate surface area is 393 Å². The minimum Gasteiger partial charge on any atom is -0.309 e. The highest BCUT2D eigenvalue weighted by molar-refractivity contribution is 6.26. The van der Waals surface area contributed by atoms with Crippen molar-refractivity contribution in [3.05, 3.63) is 255 Å². The van der Waals surface area contributed by atoms with E-state index in [0.29, 0.717) is 0 Å². The molecule has 68 heavy (non-hydrogen) atoms. The van der Waals surface area contributed by atoms with Crippen molar-refractivity contribution in [3.8, 4) is 55.9 Å². The van der Waals surface area contributed by atoms with Crippen molar-refractivity contribution < 1.29 is 0 Å². The average molecular weight is 863 g/mol. The van der Waals surface area contributed by atoms with Crippen LogP contribution in [0.15, 0.2) is 255 Å². The summed E-state index contributed by atoms with van der Waals surface area (Å²) in [6.45, 7) is 0. The standard InChI is InChI=1S/C66H42N2/c1-3-21-49(22-4-1)67-63-33-11-9-27-57(63)59-31-15-29-51(65(59)67)47-19-13-17-43(39-47)45-35-37-55-56-38-36-46(42-62(56)54-26-8-7-25-53(54)61(55)41-45)44-18-14-20-48(40-44)52-30-16-32-60-58-28-10-12-34-64(58)68(66(52)60)50-23-5-2-6-24-50/h1-42H. The van der Waals surface area contributed by atoms with Crippen molar-refractivity contribution in [3.63, 3.8) is 0 Å².